The normalized spacial score (nSPS) is 22.0. The maximum Gasteiger partial charge on any atom is 0.347 e. The molecule has 26 heavy (non-hydrogen) atoms. The Hall–Kier alpha value is -2.88. The molecule has 0 aromatic carbocycles. The largest absolute Gasteiger partial charge is 0.560 e. The van der Waals surface area contributed by atoms with E-state index < -0.39 is 0 Å². The van der Waals surface area contributed by atoms with E-state index in [1.807, 2.05) is 6.08 Å². The fraction of sp³-hybridized carbons (Fsp3) is 0.375. The van der Waals surface area contributed by atoms with Gasteiger partial charge >= 0.3 is 19.8 Å². The highest BCUT2D eigenvalue weighted by atomic mass is 16.7. The minimum atomic E-state index is -0.338. The summed E-state index contributed by atoms with van der Waals surface area (Å²) in [6, 6.07) is -0.752. The molecule has 0 N–H and O–H groups in total. The van der Waals surface area contributed by atoms with Crippen LogP contribution in [0, 0.1) is 0 Å². The number of hydroxylamine groups is 2. The summed E-state index contributed by atoms with van der Waals surface area (Å²) in [5.41, 5.74) is 1.30. The third-order valence-electron chi connectivity index (χ3n) is 4.30. The Bertz CT molecular complexity index is 821. The van der Waals surface area contributed by atoms with Crippen molar-refractivity contribution in [1.29, 1.82) is 0 Å². The van der Waals surface area contributed by atoms with Crippen LogP contribution in [-0.2, 0) is 16.5 Å². The molecule has 1 aromatic rings. The Kier molecular flexibility index (Phi) is 5.22. The number of aliphatic imine (C=N–C) groups is 1. The maximum atomic E-state index is 12.7. The van der Waals surface area contributed by atoms with Crippen molar-refractivity contribution in [3.8, 4) is 0 Å². The zero-order valence-electron chi connectivity index (χ0n) is 14.7. The standard InChI is InChI=1S/C16H20BN5O4/c1-3-4-26-22-14-9-21(16(22)24)12(7-18-10-25-17)5-13(14)11-6-19-15(23)20(2)8-11/h3,5-6,8,10,12,14H,1,4,7,9,17H2,2H3/t12-,14-/m0/s1. The first-order chi connectivity index (χ1) is 12.6. The fourth-order valence-corrected chi connectivity index (χ4v) is 3.11. The highest BCUT2D eigenvalue weighted by molar-refractivity contribution is 6.02. The lowest BCUT2D eigenvalue weighted by molar-refractivity contribution is -0.105. The Morgan fingerprint density at radius 3 is 3.00 bits per heavy atom. The van der Waals surface area contributed by atoms with Crippen LogP contribution in [0.1, 0.15) is 5.56 Å². The second-order valence-corrected chi connectivity index (χ2v) is 5.99. The van der Waals surface area contributed by atoms with Crippen LogP contribution in [0.5, 0.6) is 0 Å². The van der Waals surface area contributed by atoms with Crippen LogP contribution in [-0.4, -0.2) is 71.8 Å². The molecule has 0 saturated carbocycles. The van der Waals surface area contributed by atoms with Crippen molar-refractivity contribution < 1.29 is 14.3 Å². The quantitative estimate of drug-likeness (QED) is 0.280. The number of hydrogen-bond donors (Lipinski definition) is 0. The van der Waals surface area contributed by atoms with Crippen LogP contribution < -0.4 is 5.69 Å². The lowest BCUT2D eigenvalue weighted by atomic mass is 9.95. The highest BCUT2D eigenvalue weighted by Gasteiger charge is 2.46. The van der Waals surface area contributed by atoms with Gasteiger partial charge in [-0.15, -0.1) is 6.58 Å². The fourth-order valence-electron chi connectivity index (χ4n) is 3.11. The Morgan fingerprint density at radius 1 is 1.50 bits per heavy atom. The molecule has 2 amide bonds. The van der Waals surface area contributed by atoms with Crippen molar-refractivity contribution in [3.05, 3.63) is 47.2 Å². The molecule has 0 radical (unpaired) electrons. The molecular formula is C16H20BN5O4. The summed E-state index contributed by atoms with van der Waals surface area (Å²) in [7, 11) is 3.16. The Morgan fingerprint density at radius 2 is 2.31 bits per heavy atom. The molecule has 0 spiro atoms. The van der Waals surface area contributed by atoms with E-state index in [4.69, 9.17) is 9.49 Å². The first-order valence-corrected chi connectivity index (χ1v) is 8.16. The molecule has 0 unspecified atom stereocenters. The van der Waals surface area contributed by atoms with Gasteiger partial charge in [-0.1, -0.05) is 12.2 Å². The number of rotatable bonds is 7. The molecule has 10 heteroatoms. The maximum absolute atomic E-state index is 12.7. The average molecular weight is 357 g/mol. The zero-order chi connectivity index (χ0) is 18.7. The van der Waals surface area contributed by atoms with Gasteiger partial charge in [0.25, 0.3) is 0 Å². The summed E-state index contributed by atoms with van der Waals surface area (Å²) in [5.74, 6) is 0. The molecule has 136 valence electrons. The van der Waals surface area contributed by atoms with Crippen molar-refractivity contribution in [1.82, 2.24) is 19.5 Å². The van der Waals surface area contributed by atoms with E-state index in [9.17, 15) is 9.59 Å². The van der Waals surface area contributed by atoms with Crippen molar-refractivity contribution in [2.24, 2.45) is 12.0 Å². The van der Waals surface area contributed by atoms with Gasteiger partial charge in [-0.2, -0.15) is 5.06 Å². The first-order valence-electron chi connectivity index (χ1n) is 8.16. The minimum absolute atomic E-state index is 0.224. The smallest absolute Gasteiger partial charge is 0.347 e. The van der Waals surface area contributed by atoms with Gasteiger partial charge < -0.3 is 14.1 Å². The number of aryl methyl sites for hydroxylation is 1. The zero-order valence-corrected chi connectivity index (χ0v) is 14.7. The van der Waals surface area contributed by atoms with Gasteiger partial charge in [0.15, 0.2) is 6.40 Å². The predicted octanol–water partition coefficient (Wildman–Crippen LogP) is -0.637. The van der Waals surface area contributed by atoms with E-state index in [1.54, 1.807) is 24.2 Å². The second-order valence-electron chi connectivity index (χ2n) is 5.99. The summed E-state index contributed by atoms with van der Waals surface area (Å²) in [5, 5.41) is 1.36. The summed E-state index contributed by atoms with van der Waals surface area (Å²) in [4.78, 5) is 39.7. The molecule has 2 atom stereocenters. The van der Waals surface area contributed by atoms with E-state index >= 15 is 0 Å². The van der Waals surface area contributed by atoms with Crippen molar-refractivity contribution in [2.75, 3.05) is 19.7 Å². The number of urea groups is 1. The minimum Gasteiger partial charge on any atom is -0.560 e. The average Bonchev–Trinajstić information content (AvgIpc) is 2.90. The number of carbonyl (C=O) groups is 1. The molecule has 2 bridgehead atoms. The first kappa shape index (κ1) is 17.9. The number of fused-ring (bicyclic) bond motifs is 2. The van der Waals surface area contributed by atoms with Crippen LogP contribution in [0.3, 0.4) is 0 Å². The van der Waals surface area contributed by atoms with Crippen LogP contribution in [0.4, 0.5) is 4.79 Å². The van der Waals surface area contributed by atoms with E-state index in [1.165, 1.54) is 30.3 Å². The van der Waals surface area contributed by atoms with Gasteiger partial charge in [0, 0.05) is 25.0 Å². The predicted molar refractivity (Wildman–Crippen MR) is 98.1 cm³/mol. The van der Waals surface area contributed by atoms with Crippen molar-refractivity contribution >= 4 is 26.1 Å². The van der Waals surface area contributed by atoms with Gasteiger partial charge in [0.05, 0.1) is 25.7 Å². The highest BCUT2D eigenvalue weighted by Crippen LogP contribution is 2.35. The van der Waals surface area contributed by atoms with Gasteiger partial charge in [0.1, 0.15) is 6.04 Å². The van der Waals surface area contributed by atoms with Crippen molar-refractivity contribution in [2.45, 2.75) is 12.1 Å². The van der Waals surface area contributed by atoms with Crippen LogP contribution in [0.15, 0.2) is 40.9 Å². The van der Waals surface area contributed by atoms with Crippen molar-refractivity contribution in [3.63, 3.8) is 0 Å². The number of nitrogens with zero attached hydrogens (tertiary/aromatic N) is 5. The number of amides is 2. The van der Waals surface area contributed by atoms with E-state index in [2.05, 4.69) is 16.6 Å². The van der Waals surface area contributed by atoms with Gasteiger partial charge in [-0.3, -0.25) is 9.83 Å². The monoisotopic (exact) mass is 357 g/mol. The molecule has 3 heterocycles. The molecule has 3 rings (SSSR count). The molecule has 1 fully saturated rings. The summed E-state index contributed by atoms with van der Waals surface area (Å²) < 4.78 is 6.25. The molecule has 2 aliphatic rings. The third-order valence-corrected chi connectivity index (χ3v) is 4.30. The molecular weight excluding hydrogens is 337 g/mol. The Labute approximate surface area is 151 Å². The van der Waals surface area contributed by atoms with Crippen LogP contribution >= 0.6 is 0 Å². The Balaban J connectivity index is 1.98. The lowest BCUT2D eigenvalue weighted by Gasteiger charge is -2.28. The molecule has 9 nitrogen and oxygen atoms in total. The van der Waals surface area contributed by atoms with Crippen LogP contribution in [0.25, 0.3) is 5.57 Å². The molecule has 0 aliphatic carbocycles. The molecule has 1 saturated heterocycles. The van der Waals surface area contributed by atoms with Gasteiger partial charge in [-0.25, -0.2) is 14.6 Å². The SMILES string of the molecule is BOC=NC[C@@H]1C=C(c2cnc(=O)n(C)c2)[C@@H]2CN1C(=O)N2OCC=C. The second kappa shape index (κ2) is 7.57. The lowest BCUT2D eigenvalue weighted by Crippen LogP contribution is -2.40. The van der Waals surface area contributed by atoms with E-state index in [0.717, 1.165) is 11.1 Å². The van der Waals surface area contributed by atoms with E-state index in [-0.39, 0.29) is 30.4 Å². The van der Waals surface area contributed by atoms with Gasteiger partial charge in [0.2, 0.25) is 0 Å². The summed E-state index contributed by atoms with van der Waals surface area (Å²) in [6.07, 6.45) is 8.13. The molecule has 2 aliphatic heterocycles. The summed E-state index contributed by atoms with van der Waals surface area (Å²) >= 11 is 0. The summed E-state index contributed by atoms with van der Waals surface area (Å²) in [6.45, 7) is 4.68. The number of aromatic nitrogens is 2. The van der Waals surface area contributed by atoms with Gasteiger partial charge in [-0.05, 0) is 5.57 Å². The number of hydrogen-bond acceptors (Lipinski definition) is 6. The molecule has 1 aromatic heterocycles. The third kappa shape index (κ3) is 3.27. The topological polar surface area (TPSA) is 89.3 Å². The number of carbonyl (C=O) groups excluding carboxylic acids is 1. The van der Waals surface area contributed by atoms with Crippen LogP contribution in [0.2, 0.25) is 0 Å². The van der Waals surface area contributed by atoms with E-state index in [0.29, 0.717) is 13.1 Å².